The first-order chi connectivity index (χ1) is 11.7. The highest BCUT2D eigenvalue weighted by Crippen LogP contribution is 2.28. The molecule has 0 N–H and O–H groups in total. The molecule has 1 heterocycles. The summed E-state index contributed by atoms with van der Waals surface area (Å²) in [6, 6.07) is 5.66. The number of hydrogen-bond acceptors (Lipinski definition) is 4. The highest BCUT2D eigenvalue weighted by Gasteiger charge is 2.22. The second kappa shape index (κ2) is 9.33. The first-order valence-corrected chi connectivity index (χ1v) is 8.50. The van der Waals surface area contributed by atoms with Gasteiger partial charge in [0, 0.05) is 19.7 Å². The van der Waals surface area contributed by atoms with Crippen molar-refractivity contribution in [3.63, 3.8) is 0 Å². The van der Waals surface area contributed by atoms with Crippen LogP contribution in [0.2, 0.25) is 0 Å². The van der Waals surface area contributed by atoms with Crippen LogP contribution in [-0.4, -0.2) is 50.3 Å². The Morgan fingerprint density at radius 2 is 2.25 bits per heavy atom. The van der Waals surface area contributed by atoms with Crippen LogP contribution < -0.4 is 9.47 Å². The maximum Gasteiger partial charge on any atom is 0.260 e. The lowest BCUT2D eigenvalue weighted by atomic mass is 10.2. The van der Waals surface area contributed by atoms with E-state index < -0.39 is 0 Å². The van der Waals surface area contributed by atoms with Crippen LogP contribution in [0.1, 0.15) is 32.3 Å². The Balaban J connectivity index is 1.94. The van der Waals surface area contributed by atoms with Crippen LogP contribution in [0, 0.1) is 0 Å². The van der Waals surface area contributed by atoms with E-state index in [0.29, 0.717) is 24.6 Å². The molecule has 1 aromatic carbocycles. The third-order valence-corrected chi connectivity index (χ3v) is 4.08. The van der Waals surface area contributed by atoms with Gasteiger partial charge in [0.1, 0.15) is 0 Å². The lowest BCUT2D eigenvalue weighted by Gasteiger charge is -2.24. The molecular weight excluding hydrogens is 306 g/mol. The van der Waals surface area contributed by atoms with Crippen molar-refractivity contribution in [2.45, 2.75) is 32.8 Å². The molecule has 0 spiro atoms. The van der Waals surface area contributed by atoms with E-state index >= 15 is 0 Å². The number of likely N-dealkylation sites (N-methyl/N-ethyl adjacent to an activating group) is 1. The van der Waals surface area contributed by atoms with Gasteiger partial charge in [-0.3, -0.25) is 4.79 Å². The Bertz CT molecular complexity index is 564. The maximum absolute atomic E-state index is 12.4. The van der Waals surface area contributed by atoms with E-state index in [2.05, 4.69) is 0 Å². The molecule has 1 aromatic rings. The second-order valence-corrected chi connectivity index (χ2v) is 5.77. The maximum atomic E-state index is 12.4. The summed E-state index contributed by atoms with van der Waals surface area (Å²) in [6.07, 6.45) is 6.19. The number of methoxy groups -OCH3 is 1. The quantitative estimate of drug-likeness (QED) is 0.733. The molecular formula is C19H27NO4. The zero-order valence-corrected chi connectivity index (χ0v) is 14.8. The number of carbonyl (C=O) groups is 1. The summed E-state index contributed by atoms with van der Waals surface area (Å²) in [4.78, 5) is 14.2. The molecule has 1 aliphatic rings. The minimum absolute atomic E-state index is 0.000115. The largest absolute Gasteiger partial charge is 0.493 e. The van der Waals surface area contributed by atoms with Crippen molar-refractivity contribution in [3.8, 4) is 11.5 Å². The Kier molecular flexibility index (Phi) is 7.12. The van der Waals surface area contributed by atoms with Crippen LogP contribution in [0.15, 0.2) is 24.3 Å². The SMILES string of the molecule is C/C=C/c1ccc(OCC(=O)N(CC)CC2CCCO2)c(OC)c1. The standard InChI is InChI=1S/C19H27NO4/c1-4-7-15-9-10-17(18(12-15)22-3)24-14-19(21)20(5-2)13-16-8-6-11-23-16/h4,7,9-10,12,16H,5-6,8,11,13-14H2,1-3H3/b7-4+. The molecule has 1 aliphatic heterocycles. The van der Waals surface area contributed by atoms with Gasteiger partial charge in [0.15, 0.2) is 18.1 Å². The molecule has 5 heteroatoms. The number of hydrogen-bond donors (Lipinski definition) is 0. The Morgan fingerprint density at radius 3 is 2.88 bits per heavy atom. The molecule has 1 fully saturated rings. The average Bonchev–Trinajstić information content (AvgIpc) is 3.11. The van der Waals surface area contributed by atoms with E-state index in [1.54, 1.807) is 12.0 Å². The van der Waals surface area contributed by atoms with Crippen molar-refractivity contribution in [2.24, 2.45) is 0 Å². The lowest BCUT2D eigenvalue weighted by molar-refractivity contribution is -0.134. The Labute approximate surface area is 144 Å². The van der Waals surface area contributed by atoms with Crippen LogP contribution >= 0.6 is 0 Å². The number of amides is 1. The monoisotopic (exact) mass is 333 g/mol. The van der Waals surface area contributed by atoms with Gasteiger partial charge < -0.3 is 19.1 Å². The highest BCUT2D eigenvalue weighted by molar-refractivity contribution is 5.78. The lowest BCUT2D eigenvalue weighted by Crippen LogP contribution is -2.39. The third-order valence-electron chi connectivity index (χ3n) is 4.08. The number of nitrogens with zero attached hydrogens (tertiary/aromatic N) is 1. The molecule has 1 amide bonds. The second-order valence-electron chi connectivity index (χ2n) is 5.77. The minimum Gasteiger partial charge on any atom is -0.493 e. The fraction of sp³-hybridized carbons (Fsp3) is 0.526. The minimum atomic E-state index is -0.0346. The summed E-state index contributed by atoms with van der Waals surface area (Å²) in [5, 5.41) is 0. The van der Waals surface area contributed by atoms with E-state index in [1.165, 1.54) is 0 Å². The van der Waals surface area contributed by atoms with E-state index in [-0.39, 0.29) is 18.6 Å². The van der Waals surface area contributed by atoms with Crippen molar-refractivity contribution < 1.29 is 19.0 Å². The van der Waals surface area contributed by atoms with Crippen LogP contribution in [-0.2, 0) is 9.53 Å². The molecule has 0 aliphatic carbocycles. The van der Waals surface area contributed by atoms with Crippen LogP contribution in [0.25, 0.3) is 6.08 Å². The molecule has 0 aromatic heterocycles. The van der Waals surface area contributed by atoms with E-state index in [4.69, 9.17) is 14.2 Å². The first-order valence-electron chi connectivity index (χ1n) is 8.50. The molecule has 5 nitrogen and oxygen atoms in total. The van der Waals surface area contributed by atoms with Gasteiger partial charge in [-0.05, 0) is 44.4 Å². The van der Waals surface area contributed by atoms with Crippen LogP contribution in [0.4, 0.5) is 0 Å². The van der Waals surface area contributed by atoms with Gasteiger partial charge in [0.2, 0.25) is 0 Å². The van der Waals surface area contributed by atoms with Crippen molar-refractivity contribution in [2.75, 3.05) is 33.4 Å². The molecule has 1 unspecified atom stereocenters. The topological polar surface area (TPSA) is 48.0 Å². The van der Waals surface area contributed by atoms with Crippen molar-refractivity contribution in [3.05, 3.63) is 29.8 Å². The zero-order chi connectivity index (χ0) is 17.4. The van der Waals surface area contributed by atoms with Gasteiger partial charge in [-0.15, -0.1) is 0 Å². The number of benzene rings is 1. The molecule has 1 saturated heterocycles. The fourth-order valence-electron chi connectivity index (χ4n) is 2.77. The fourth-order valence-corrected chi connectivity index (χ4v) is 2.77. The van der Waals surface area contributed by atoms with E-state index in [9.17, 15) is 4.79 Å². The number of rotatable bonds is 8. The normalized spacial score (nSPS) is 17.2. The van der Waals surface area contributed by atoms with Gasteiger partial charge in [0.25, 0.3) is 5.91 Å². The molecule has 0 bridgehead atoms. The number of ether oxygens (including phenoxy) is 3. The molecule has 132 valence electrons. The van der Waals surface area contributed by atoms with Gasteiger partial charge >= 0.3 is 0 Å². The Morgan fingerprint density at radius 1 is 1.42 bits per heavy atom. The number of carbonyl (C=O) groups excluding carboxylic acids is 1. The summed E-state index contributed by atoms with van der Waals surface area (Å²) >= 11 is 0. The third kappa shape index (κ3) is 4.99. The average molecular weight is 333 g/mol. The zero-order valence-electron chi connectivity index (χ0n) is 14.8. The van der Waals surface area contributed by atoms with Crippen LogP contribution in [0.5, 0.6) is 11.5 Å². The van der Waals surface area contributed by atoms with Gasteiger partial charge in [-0.1, -0.05) is 18.2 Å². The predicted molar refractivity (Wildman–Crippen MR) is 94.4 cm³/mol. The molecule has 0 radical (unpaired) electrons. The van der Waals surface area contributed by atoms with Gasteiger partial charge in [0.05, 0.1) is 13.2 Å². The predicted octanol–water partition coefficient (Wildman–Crippen LogP) is 3.13. The smallest absolute Gasteiger partial charge is 0.260 e. The van der Waals surface area contributed by atoms with Crippen molar-refractivity contribution >= 4 is 12.0 Å². The molecule has 0 saturated carbocycles. The first kappa shape index (κ1) is 18.3. The molecule has 24 heavy (non-hydrogen) atoms. The van der Waals surface area contributed by atoms with Gasteiger partial charge in [-0.2, -0.15) is 0 Å². The summed E-state index contributed by atoms with van der Waals surface area (Å²) in [7, 11) is 1.60. The summed E-state index contributed by atoms with van der Waals surface area (Å²) in [5.74, 6) is 1.17. The molecule has 1 atom stereocenters. The van der Waals surface area contributed by atoms with Crippen LogP contribution in [0.3, 0.4) is 0 Å². The molecule has 2 rings (SSSR count). The summed E-state index contributed by atoms with van der Waals surface area (Å²) in [5.41, 5.74) is 1.03. The van der Waals surface area contributed by atoms with Gasteiger partial charge in [-0.25, -0.2) is 0 Å². The number of allylic oxidation sites excluding steroid dienone is 1. The highest BCUT2D eigenvalue weighted by atomic mass is 16.5. The van der Waals surface area contributed by atoms with Crippen molar-refractivity contribution in [1.82, 2.24) is 4.90 Å². The van der Waals surface area contributed by atoms with Crippen molar-refractivity contribution in [1.29, 1.82) is 0 Å². The van der Waals surface area contributed by atoms with E-state index in [1.807, 2.05) is 44.2 Å². The summed E-state index contributed by atoms with van der Waals surface area (Å²) < 4.78 is 16.7. The Hall–Kier alpha value is -2.01. The van der Waals surface area contributed by atoms with E-state index in [0.717, 1.165) is 25.0 Å². The summed E-state index contributed by atoms with van der Waals surface area (Å²) in [6.45, 7) is 6.01.